The van der Waals surface area contributed by atoms with Crippen LogP contribution in [0.25, 0.3) is 0 Å². The molecule has 12 heavy (non-hydrogen) atoms. The molecule has 70 valence electrons. The van der Waals surface area contributed by atoms with Gasteiger partial charge in [-0.3, -0.25) is 4.90 Å². The van der Waals surface area contributed by atoms with Gasteiger partial charge in [0.2, 0.25) is 0 Å². The van der Waals surface area contributed by atoms with Crippen LogP contribution in [0.15, 0.2) is 0 Å². The first-order valence-electron chi connectivity index (χ1n) is 4.87. The first kappa shape index (κ1) is 8.48. The van der Waals surface area contributed by atoms with Gasteiger partial charge in [-0.2, -0.15) is 0 Å². The SMILES string of the molecule is CO[C@H]1CCN([C@@H]2CCNC2)C1. The molecule has 0 bridgehead atoms. The first-order valence-corrected chi connectivity index (χ1v) is 4.87. The van der Waals surface area contributed by atoms with Gasteiger partial charge in [0.15, 0.2) is 0 Å². The van der Waals surface area contributed by atoms with Gasteiger partial charge in [-0.05, 0) is 19.4 Å². The Balaban J connectivity index is 1.81. The number of nitrogens with zero attached hydrogens (tertiary/aromatic N) is 1. The molecular formula is C9H18N2O. The fourth-order valence-corrected chi connectivity index (χ4v) is 2.23. The van der Waals surface area contributed by atoms with Gasteiger partial charge in [0, 0.05) is 32.8 Å². The molecule has 3 nitrogen and oxygen atoms in total. The van der Waals surface area contributed by atoms with Crippen molar-refractivity contribution in [2.45, 2.75) is 25.0 Å². The maximum absolute atomic E-state index is 5.34. The van der Waals surface area contributed by atoms with Gasteiger partial charge in [-0.1, -0.05) is 0 Å². The second-order valence-electron chi connectivity index (χ2n) is 3.79. The van der Waals surface area contributed by atoms with Gasteiger partial charge in [0.25, 0.3) is 0 Å². The molecule has 2 rings (SSSR count). The van der Waals surface area contributed by atoms with Crippen LogP contribution in [0.4, 0.5) is 0 Å². The van der Waals surface area contributed by atoms with Crippen molar-refractivity contribution in [2.75, 3.05) is 33.3 Å². The van der Waals surface area contributed by atoms with Gasteiger partial charge in [-0.15, -0.1) is 0 Å². The molecule has 0 aromatic carbocycles. The van der Waals surface area contributed by atoms with E-state index in [1.807, 2.05) is 7.11 Å². The number of nitrogens with one attached hydrogen (secondary N) is 1. The average Bonchev–Trinajstić information content (AvgIpc) is 2.75. The molecule has 0 aromatic heterocycles. The van der Waals surface area contributed by atoms with Gasteiger partial charge in [0.05, 0.1) is 6.10 Å². The van der Waals surface area contributed by atoms with Crippen molar-refractivity contribution in [1.29, 1.82) is 0 Å². The highest BCUT2D eigenvalue weighted by Crippen LogP contribution is 2.17. The Labute approximate surface area is 74.1 Å². The van der Waals surface area contributed by atoms with E-state index in [1.165, 1.54) is 32.5 Å². The lowest BCUT2D eigenvalue weighted by Gasteiger charge is -2.22. The lowest BCUT2D eigenvalue weighted by Crippen LogP contribution is -2.35. The summed E-state index contributed by atoms with van der Waals surface area (Å²) in [7, 11) is 1.82. The van der Waals surface area contributed by atoms with Crippen molar-refractivity contribution < 1.29 is 4.74 Å². The summed E-state index contributed by atoms with van der Waals surface area (Å²) in [6.07, 6.45) is 3.02. The predicted octanol–water partition coefficient (Wildman–Crippen LogP) is 0.0690. The Hall–Kier alpha value is -0.120. The Bertz CT molecular complexity index is 145. The zero-order chi connectivity index (χ0) is 8.39. The van der Waals surface area contributed by atoms with Gasteiger partial charge in [-0.25, -0.2) is 0 Å². The highest BCUT2D eigenvalue weighted by atomic mass is 16.5. The third-order valence-electron chi connectivity index (χ3n) is 3.06. The van der Waals surface area contributed by atoms with E-state index < -0.39 is 0 Å². The Morgan fingerprint density at radius 3 is 2.92 bits per heavy atom. The standard InChI is InChI=1S/C9H18N2O/c1-12-9-3-5-11(7-9)8-2-4-10-6-8/h8-10H,2-7H2,1H3/t8-,9+/m1/s1. The summed E-state index contributed by atoms with van der Waals surface area (Å²) in [4.78, 5) is 2.56. The lowest BCUT2D eigenvalue weighted by molar-refractivity contribution is 0.102. The molecule has 2 aliphatic rings. The quantitative estimate of drug-likeness (QED) is 0.634. The van der Waals surface area contributed by atoms with Crippen LogP contribution in [0, 0.1) is 0 Å². The Kier molecular flexibility index (Phi) is 2.63. The normalized spacial score (nSPS) is 37.8. The molecule has 2 heterocycles. The van der Waals surface area contributed by atoms with Crippen LogP contribution in [0.3, 0.4) is 0 Å². The van der Waals surface area contributed by atoms with Crippen LogP contribution in [0.1, 0.15) is 12.8 Å². The van der Waals surface area contributed by atoms with Crippen molar-refractivity contribution in [1.82, 2.24) is 10.2 Å². The molecular weight excluding hydrogens is 152 g/mol. The number of hydrogen-bond donors (Lipinski definition) is 1. The molecule has 2 atom stereocenters. The Morgan fingerprint density at radius 1 is 1.42 bits per heavy atom. The highest BCUT2D eigenvalue weighted by molar-refractivity contribution is 4.86. The van der Waals surface area contributed by atoms with Gasteiger partial charge >= 0.3 is 0 Å². The predicted molar refractivity (Wildman–Crippen MR) is 48.3 cm³/mol. The van der Waals surface area contributed by atoms with E-state index >= 15 is 0 Å². The molecule has 0 aromatic rings. The summed E-state index contributed by atoms with van der Waals surface area (Å²) in [5.41, 5.74) is 0. The minimum Gasteiger partial charge on any atom is -0.380 e. The van der Waals surface area contributed by atoms with Gasteiger partial charge < -0.3 is 10.1 Å². The summed E-state index contributed by atoms with van der Waals surface area (Å²) < 4.78 is 5.34. The monoisotopic (exact) mass is 170 g/mol. The molecule has 2 saturated heterocycles. The molecule has 2 aliphatic heterocycles. The third-order valence-corrected chi connectivity index (χ3v) is 3.06. The van der Waals surface area contributed by atoms with E-state index in [1.54, 1.807) is 0 Å². The van der Waals surface area contributed by atoms with Crippen LogP contribution in [-0.4, -0.2) is 50.3 Å². The Morgan fingerprint density at radius 2 is 2.33 bits per heavy atom. The zero-order valence-corrected chi connectivity index (χ0v) is 7.75. The van der Waals surface area contributed by atoms with Crippen molar-refractivity contribution in [3.63, 3.8) is 0 Å². The number of hydrogen-bond acceptors (Lipinski definition) is 3. The second kappa shape index (κ2) is 3.73. The smallest absolute Gasteiger partial charge is 0.0710 e. The molecule has 0 amide bonds. The van der Waals surface area contributed by atoms with E-state index in [0.717, 1.165) is 12.6 Å². The van der Waals surface area contributed by atoms with Crippen LogP contribution in [-0.2, 0) is 4.74 Å². The molecule has 0 aliphatic carbocycles. The number of rotatable bonds is 2. The van der Waals surface area contributed by atoms with Crippen molar-refractivity contribution in [2.24, 2.45) is 0 Å². The van der Waals surface area contributed by atoms with Crippen LogP contribution >= 0.6 is 0 Å². The van der Waals surface area contributed by atoms with E-state index in [9.17, 15) is 0 Å². The summed E-state index contributed by atoms with van der Waals surface area (Å²) in [5, 5.41) is 3.40. The first-order chi connectivity index (χ1) is 5.90. The molecule has 0 radical (unpaired) electrons. The summed E-state index contributed by atoms with van der Waals surface area (Å²) in [6, 6.07) is 0.783. The summed E-state index contributed by atoms with van der Waals surface area (Å²) in [5.74, 6) is 0. The lowest BCUT2D eigenvalue weighted by atomic mass is 10.2. The summed E-state index contributed by atoms with van der Waals surface area (Å²) >= 11 is 0. The van der Waals surface area contributed by atoms with Gasteiger partial charge in [0.1, 0.15) is 0 Å². The van der Waals surface area contributed by atoms with E-state index in [2.05, 4.69) is 10.2 Å². The van der Waals surface area contributed by atoms with E-state index in [0.29, 0.717) is 6.10 Å². The maximum atomic E-state index is 5.34. The topological polar surface area (TPSA) is 24.5 Å². The van der Waals surface area contributed by atoms with Crippen LogP contribution < -0.4 is 5.32 Å². The zero-order valence-electron chi connectivity index (χ0n) is 7.75. The van der Waals surface area contributed by atoms with E-state index in [4.69, 9.17) is 4.74 Å². The molecule has 2 fully saturated rings. The highest BCUT2D eigenvalue weighted by Gasteiger charge is 2.29. The number of ether oxygens (including phenoxy) is 1. The molecule has 0 spiro atoms. The van der Waals surface area contributed by atoms with E-state index in [-0.39, 0.29) is 0 Å². The van der Waals surface area contributed by atoms with Crippen molar-refractivity contribution >= 4 is 0 Å². The third kappa shape index (κ3) is 1.63. The largest absolute Gasteiger partial charge is 0.380 e. The second-order valence-corrected chi connectivity index (χ2v) is 3.79. The van der Waals surface area contributed by atoms with Crippen molar-refractivity contribution in [3.05, 3.63) is 0 Å². The average molecular weight is 170 g/mol. The fraction of sp³-hybridized carbons (Fsp3) is 1.00. The molecule has 0 saturated carbocycles. The number of methoxy groups -OCH3 is 1. The molecule has 3 heteroatoms. The maximum Gasteiger partial charge on any atom is 0.0710 e. The van der Waals surface area contributed by atoms with Crippen LogP contribution in [0.5, 0.6) is 0 Å². The minimum absolute atomic E-state index is 0.491. The summed E-state index contributed by atoms with van der Waals surface area (Å²) in [6.45, 7) is 4.74. The number of likely N-dealkylation sites (tertiary alicyclic amines) is 1. The van der Waals surface area contributed by atoms with Crippen molar-refractivity contribution in [3.8, 4) is 0 Å². The van der Waals surface area contributed by atoms with Crippen LogP contribution in [0.2, 0.25) is 0 Å². The molecule has 1 N–H and O–H groups in total. The minimum atomic E-state index is 0.491. The molecule has 0 unspecified atom stereocenters. The fourth-order valence-electron chi connectivity index (χ4n) is 2.23.